The molecule has 1 heterocycles. The Hall–Kier alpha value is -1.85. The van der Waals surface area contributed by atoms with Crippen LogP contribution in [0.3, 0.4) is 0 Å². The van der Waals surface area contributed by atoms with Gasteiger partial charge in [-0.1, -0.05) is 42.5 Å². The fraction of sp³-hybridized carbons (Fsp3) is 0.200. The first-order chi connectivity index (χ1) is 9.70. The van der Waals surface area contributed by atoms with Crippen molar-refractivity contribution < 1.29 is 4.39 Å². The molecule has 0 bridgehead atoms. The van der Waals surface area contributed by atoms with Gasteiger partial charge in [-0.15, -0.1) is 10.2 Å². The second kappa shape index (κ2) is 5.26. The highest BCUT2D eigenvalue weighted by Crippen LogP contribution is 2.33. The van der Waals surface area contributed by atoms with Gasteiger partial charge in [0.25, 0.3) is 0 Å². The molecule has 20 heavy (non-hydrogen) atoms. The highest BCUT2D eigenvalue weighted by molar-refractivity contribution is 7.14. The molecule has 0 aliphatic rings. The first-order valence-electron chi connectivity index (χ1n) is 6.47. The molecule has 0 spiro atoms. The van der Waals surface area contributed by atoms with Crippen LogP contribution in [0.5, 0.6) is 0 Å². The summed E-state index contributed by atoms with van der Waals surface area (Å²) in [4.78, 5) is 0. The van der Waals surface area contributed by atoms with Gasteiger partial charge in [0.15, 0.2) is 0 Å². The highest BCUT2D eigenvalue weighted by atomic mass is 32.1. The van der Waals surface area contributed by atoms with Crippen molar-refractivity contribution >= 4 is 22.1 Å². The van der Waals surface area contributed by atoms with Crippen molar-refractivity contribution in [2.24, 2.45) is 5.73 Å². The second-order valence-electron chi connectivity index (χ2n) is 4.60. The molecule has 0 aliphatic carbocycles. The third-order valence-corrected chi connectivity index (χ3v) is 4.39. The third kappa shape index (κ3) is 2.19. The Morgan fingerprint density at radius 3 is 2.65 bits per heavy atom. The summed E-state index contributed by atoms with van der Waals surface area (Å²) in [6.45, 7) is 2.01. The van der Waals surface area contributed by atoms with Crippen molar-refractivity contribution in [2.45, 2.75) is 19.4 Å². The standard InChI is InChI=1S/C15H14FN3S/c1-2-13(17)15-19-18-14(20-15)11-7-8-12(16)10-6-4-3-5-9(10)11/h3-8,13H,2,17H2,1H3. The SMILES string of the molecule is CCC(N)c1nnc(-c2ccc(F)c3ccccc23)s1. The lowest BCUT2D eigenvalue weighted by molar-refractivity contribution is 0.640. The maximum atomic E-state index is 13.8. The normalized spacial score (nSPS) is 12.8. The van der Waals surface area contributed by atoms with E-state index in [4.69, 9.17) is 5.73 Å². The van der Waals surface area contributed by atoms with Crippen LogP contribution in [0.4, 0.5) is 4.39 Å². The number of benzene rings is 2. The van der Waals surface area contributed by atoms with E-state index >= 15 is 0 Å². The zero-order chi connectivity index (χ0) is 14.1. The van der Waals surface area contributed by atoms with E-state index in [1.807, 2.05) is 25.1 Å². The van der Waals surface area contributed by atoms with Crippen LogP contribution in [0, 0.1) is 5.82 Å². The van der Waals surface area contributed by atoms with E-state index in [0.717, 1.165) is 27.4 Å². The molecule has 3 rings (SSSR count). The predicted octanol–water partition coefficient (Wildman–Crippen LogP) is 3.91. The van der Waals surface area contributed by atoms with Gasteiger partial charge in [-0.3, -0.25) is 0 Å². The largest absolute Gasteiger partial charge is 0.322 e. The lowest BCUT2D eigenvalue weighted by Gasteiger charge is -2.04. The maximum absolute atomic E-state index is 13.8. The molecule has 0 radical (unpaired) electrons. The molecule has 102 valence electrons. The van der Waals surface area contributed by atoms with Crippen LogP contribution in [0.15, 0.2) is 36.4 Å². The van der Waals surface area contributed by atoms with Crippen molar-refractivity contribution in [3.8, 4) is 10.6 Å². The molecule has 1 atom stereocenters. The summed E-state index contributed by atoms with van der Waals surface area (Å²) in [7, 11) is 0. The topological polar surface area (TPSA) is 51.8 Å². The van der Waals surface area contributed by atoms with Gasteiger partial charge in [-0.2, -0.15) is 0 Å². The second-order valence-corrected chi connectivity index (χ2v) is 5.61. The Balaban J connectivity index is 2.15. The zero-order valence-corrected chi connectivity index (χ0v) is 11.8. The van der Waals surface area contributed by atoms with Gasteiger partial charge in [0.1, 0.15) is 15.8 Å². The van der Waals surface area contributed by atoms with Gasteiger partial charge in [0, 0.05) is 10.9 Å². The molecule has 0 amide bonds. The van der Waals surface area contributed by atoms with Crippen molar-refractivity contribution in [3.63, 3.8) is 0 Å². The van der Waals surface area contributed by atoms with Crippen molar-refractivity contribution in [2.75, 3.05) is 0 Å². The fourth-order valence-corrected chi connectivity index (χ4v) is 3.08. The average Bonchev–Trinajstić information content (AvgIpc) is 2.97. The van der Waals surface area contributed by atoms with E-state index in [9.17, 15) is 4.39 Å². The summed E-state index contributed by atoms with van der Waals surface area (Å²) in [6.07, 6.45) is 0.818. The Kier molecular flexibility index (Phi) is 3.46. The van der Waals surface area contributed by atoms with Crippen LogP contribution in [0.25, 0.3) is 21.3 Å². The summed E-state index contributed by atoms with van der Waals surface area (Å²) in [5, 5.41) is 11.4. The predicted molar refractivity (Wildman–Crippen MR) is 80.0 cm³/mol. The molecule has 0 saturated carbocycles. The molecule has 2 aromatic carbocycles. The Morgan fingerprint density at radius 1 is 1.15 bits per heavy atom. The Labute approximate surface area is 120 Å². The minimum atomic E-state index is -0.223. The van der Waals surface area contributed by atoms with Crippen molar-refractivity contribution in [3.05, 3.63) is 47.2 Å². The summed E-state index contributed by atoms with van der Waals surface area (Å²) in [6, 6.07) is 10.5. The van der Waals surface area contributed by atoms with E-state index in [-0.39, 0.29) is 11.9 Å². The van der Waals surface area contributed by atoms with Crippen LogP contribution in [-0.4, -0.2) is 10.2 Å². The molecule has 1 unspecified atom stereocenters. The first-order valence-corrected chi connectivity index (χ1v) is 7.29. The molecule has 5 heteroatoms. The quantitative estimate of drug-likeness (QED) is 0.794. The Morgan fingerprint density at radius 2 is 1.90 bits per heavy atom. The molecule has 0 fully saturated rings. The number of hydrogen-bond donors (Lipinski definition) is 1. The van der Waals surface area contributed by atoms with Crippen LogP contribution in [0.2, 0.25) is 0 Å². The van der Waals surface area contributed by atoms with Gasteiger partial charge in [0.2, 0.25) is 0 Å². The van der Waals surface area contributed by atoms with Crippen molar-refractivity contribution in [1.82, 2.24) is 10.2 Å². The summed E-state index contributed by atoms with van der Waals surface area (Å²) < 4.78 is 13.8. The minimum Gasteiger partial charge on any atom is -0.322 e. The van der Waals surface area contributed by atoms with Gasteiger partial charge >= 0.3 is 0 Å². The van der Waals surface area contributed by atoms with Crippen molar-refractivity contribution in [1.29, 1.82) is 0 Å². The van der Waals surface area contributed by atoms with E-state index in [1.165, 1.54) is 17.4 Å². The Bertz CT molecular complexity index is 754. The minimum absolute atomic E-state index is 0.0898. The van der Waals surface area contributed by atoms with E-state index in [2.05, 4.69) is 10.2 Å². The van der Waals surface area contributed by atoms with Gasteiger partial charge < -0.3 is 5.73 Å². The summed E-state index contributed by atoms with van der Waals surface area (Å²) in [5.74, 6) is -0.223. The van der Waals surface area contributed by atoms with Crippen LogP contribution >= 0.6 is 11.3 Å². The number of hydrogen-bond acceptors (Lipinski definition) is 4. The molecular weight excluding hydrogens is 273 g/mol. The first kappa shape index (κ1) is 13.1. The van der Waals surface area contributed by atoms with Gasteiger partial charge in [-0.25, -0.2) is 4.39 Å². The lowest BCUT2D eigenvalue weighted by Crippen LogP contribution is -2.07. The molecular formula is C15H14FN3S. The van der Waals surface area contributed by atoms with E-state index in [0.29, 0.717) is 5.39 Å². The molecule has 3 aromatic rings. The summed E-state index contributed by atoms with van der Waals surface area (Å²) in [5.41, 5.74) is 6.87. The van der Waals surface area contributed by atoms with Gasteiger partial charge in [-0.05, 0) is 23.9 Å². The molecule has 1 aromatic heterocycles. The van der Waals surface area contributed by atoms with Gasteiger partial charge in [0.05, 0.1) is 6.04 Å². The monoisotopic (exact) mass is 287 g/mol. The fourth-order valence-electron chi connectivity index (χ4n) is 2.12. The van der Waals surface area contributed by atoms with Crippen LogP contribution in [0.1, 0.15) is 24.4 Å². The van der Waals surface area contributed by atoms with E-state index < -0.39 is 0 Å². The number of nitrogens with zero attached hydrogens (tertiary/aromatic N) is 2. The lowest BCUT2D eigenvalue weighted by atomic mass is 10.0. The number of aromatic nitrogens is 2. The molecule has 2 N–H and O–H groups in total. The molecule has 3 nitrogen and oxygen atoms in total. The number of fused-ring (bicyclic) bond motifs is 1. The zero-order valence-electron chi connectivity index (χ0n) is 11.0. The van der Waals surface area contributed by atoms with E-state index in [1.54, 1.807) is 12.1 Å². The average molecular weight is 287 g/mol. The third-order valence-electron chi connectivity index (χ3n) is 3.30. The van der Waals surface area contributed by atoms with Crippen LogP contribution in [-0.2, 0) is 0 Å². The smallest absolute Gasteiger partial charge is 0.148 e. The molecule has 0 saturated heterocycles. The molecule has 0 aliphatic heterocycles. The maximum Gasteiger partial charge on any atom is 0.148 e. The van der Waals surface area contributed by atoms with Crippen LogP contribution < -0.4 is 5.73 Å². The highest BCUT2D eigenvalue weighted by Gasteiger charge is 2.14. The number of halogens is 1. The number of rotatable bonds is 3. The summed E-state index contributed by atoms with van der Waals surface area (Å²) >= 11 is 1.47. The number of nitrogens with two attached hydrogens (primary N) is 1.